The van der Waals surface area contributed by atoms with Crippen LogP contribution < -0.4 is 10.1 Å². The molecule has 1 aromatic carbocycles. The van der Waals surface area contributed by atoms with E-state index in [1.54, 1.807) is 0 Å². The van der Waals surface area contributed by atoms with Crippen LogP contribution in [0.15, 0.2) is 18.2 Å². The fraction of sp³-hybridized carbons (Fsp3) is 0.647. The Hall–Kier alpha value is -0.670. The average molecular weight is 291 g/mol. The summed E-state index contributed by atoms with van der Waals surface area (Å²) in [4.78, 5) is 0. The van der Waals surface area contributed by atoms with Gasteiger partial charge < -0.3 is 10.1 Å². The summed E-state index contributed by atoms with van der Waals surface area (Å²) in [7, 11) is 0. The summed E-state index contributed by atoms with van der Waals surface area (Å²) < 4.78 is 5.98. The molecular formula is C17H25NOS. The van der Waals surface area contributed by atoms with E-state index < -0.39 is 0 Å². The third-order valence-corrected chi connectivity index (χ3v) is 6.10. The number of nitrogens with one attached hydrogen (secondary N) is 1. The van der Waals surface area contributed by atoms with Crippen molar-refractivity contribution in [3.63, 3.8) is 0 Å². The van der Waals surface area contributed by atoms with Crippen LogP contribution in [0, 0.1) is 0 Å². The van der Waals surface area contributed by atoms with E-state index in [9.17, 15) is 0 Å². The first-order chi connectivity index (χ1) is 9.73. The minimum atomic E-state index is 0.336. The van der Waals surface area contributed by atoms with Crippen molar-refractivity contribution in [2.24, 2.45) is 0 Å². The van der Waals surface area contributed by atoms with Gasteiger partial charge in [-0.05, 0) is 55.7 Å². The van der Waals surface area contributed by atoms with Gasteiger partial charge in [0.15, 0.2) is 0 Å². The molecule has 2 atom stereocenters. The molecule has 0 bridgehead atoms. The third-order valence-electron chi connectivity index (χ3n) is 4.51. The molecule has 0 radical (unpaired) electrons. The largest absolute Gasteiger partial charge is 0.493 e. The van der Waals surface area contributed by atoms with Gasteiger partial charge in [-0.2, -0.15) is 11.8 Å². The average Bonchev–Trinajstić information content (AvgIpc) is 3.08. The first-order valence-electron chi connectivity index (χ1n) is 7.86. The summed E-state index contributed by atoms with van der Waals surface area (Å²) >= 11 is 2.14. The van der Waals surface area contributed by atoms with E-state index in [0.29, 0.717) is 10.8 Å². The van der Waals surface area contributed by atoms with E-state index in [1.165, 1.54) is 36.1 Å². The summed E-state index contributed by atoms with van der Waals surface area (Å²) in [6.07, 6.45) is 4.91. The van der Waals surface area contributed by atoms with Gasteiger partial charge in [0.05, 0.1) is 6.61 Å². The van der Waals surface area contributed by atoms with Gasteiger partial charge in [0.1, 0.15) is 5.75 Å². The van der Waals surface area contributed by atoms with Gasteiger partial charge >= 0.3 is 0 Å². The Kier molecular flexibility index (Phi) is 4.27. The zero-order valence-corrected chi connectivity index (χ0v) is 13.4. The first-order valence-corrected chi connectivity index (χ1v) is 8.84. The first kappa shape index (κ1) is 14.3. The molecule has 3 rings (SSSR count). The molecule has 0 saturated carbocycles. The van der Waals surface area contributed by atoms with Gasteiger partial charge in [0, 0.05) is 17.2 Å². The minimum Gasteiger partial charge on any atom is -0.493 e. The minimum absolute atomic E-state index is 0.336. The van der Waals surface area contributed by atoms with Gasteiger partial charge in [0.2, 0.25) is 0 Å². The van der Waals surface area contributed by atoms with E-state index in [2.05, 4.69) is 49.1 Å². The Labute approximate surface area is 126 Å². The molecule has 2 heterocycles. The highest BCUT2D eigenvalue weighted by Crippen LogP contribution is 2.47. The molecule has 0 amide bonds. The number of ether oxygens (including phenoxy) is 1. The quantitative estimate of drug-likeness (QED) is 0.887. The number of fused-ring (bicyclic) bond motifs is 1. The van der Waals surface area contributed by atoms with Crippen molar-refractivity contribution in [3.8, 4) is 5.75 Å². The molecule has 20 heavy (non-hydrogen) atoms. The van der Waals surface area contributed by atoms with Crippen molar-refractivity contribution in [3.05, 3.63) is 29.3 Å². The predicted octanol–water partition coefficient (Wildman–Crippen LogP) is 3.95. The molecule has 2 aliphatic rings. The fourth-order valence-corrected chi connectivity index (χ4v) is 4.82. The summed E-state index contributed by atoms with van der Waals surface area (Å²) in [5, 5.41) is 3.80. The summed E-state index contributed by atoms with van der Waals surface area (Å²) in [5.41, 5.74) is 2.83. The van der Waals surface area contributed by atoms with Crippen LogP contribution in [-0.2, 0) is 6.42 Å². The smallest absolute Gasteiger partial charge is 0.122 e. The Morgan fingerprint density at radius 1 is 1.45 bits per heavy atom. The highest BCUT2D eigenvalue weighted by atomic mass is 32.2. The second-order valence-electron chi connectivity index (χ2n) is 6.12. The van der Waals surface area contributed by atoms with Crippen LogP contribution in [0.25, 0.3) is 0 Å². The highest BCUT2D eigenvalue weighted by molar-refractivity contribution is 8.00. The maximum Gasteiger partial charge on any atom is 0.122 e. The molecule has 0 spiro atoms. The maximum atomic E-state index is 5.64. The van der Waals surface area contributed by atoms with Crippen LogP contribution in [-0.4, -0.2) is 23.7 Å². The normalized spacial score (nSPS) is 26.3. The second-order valence-corrected chi connectivity index (χ2v) is 7.75. The lowest BCUT2D eigenvalue weighted by atomic mass is 9.89. The van der Waals surface area contributed by atoms with E-state index in [-0.39, 0.29) is 0 Å². The zero-order chi connectivity index (χ0) is 14.0. The number of hydrogen-bond donors (Lipinski definition) is 1. The predicted molar refractivity (Wildman–Crippen MR) is 86.8 cm³/mol. The molecule has 0 aliphatic carbocycles. The molecule has 1 saturated heterocycles. The monoisotopic (exact) mass is 291 g/mol. The molecule has 0 aromatic heterocycles. The zero-order valence-electron chi connectivity index (χ0n) is 12.6. The molecule has 2 unspecified atom stereocenters. The van der Waals surface area contributed by atoms with Gasteiger partial charge in [-0.15, -0.1) is 0 Å². The van der Waals surface area contributed by atoms with Crippen molar-refractivity contribution in [1.29, 1.82) is 0 Å². The maximum absolute atomic E-state index is 5.64. The van der Waals surface area contributed by atoms with Crippen LogP contribution >= 0.6 is 11.8 Å². The van der Waals surface area contributed by atoms with Gasteiger partial charge in [-0.3, -0.25) is 0 Å². The molecule has 1 fully saturated rings. The van der Waals surface area contributed by atoms with E-state index in [4.69, 9.17) is 4.74 Å². The summed E-state index contributed by atoms with van der Waals surface area (Å²) in [6, 6.07) is 7.27. The fourth-order valence-electron chi connectivity index (χ4n) is 3.39. The van der Waals surface area contributed by atoms with Crippen molar-refractivity contribution >= 4 is 11.8 Å². The lowest BCUT2D eigenvalue weighted by molar-refractivity contribution is 0.356. The highest BCUT2D eigenvalue weighted by Gasteiger charge is 2.38. The van der Waals surface area contributed by atoms with Gasteiger partial charge in [0.25, 0.3) is 0 Å². The van der Waals surface area contributed by atoms with E-state index in [0.717, 1.165) is 25.3 Å². The SMILES string of the molecule is CCCNC(c1ccc2c(c1)CCO2)C1(C)CCCS1. The van der Waals surface area contributed by atoms with Crippen molar-refractivity contribution < 1.29 is 4.74 Å². The molecule has 2 aliphatic heterocycles. The molecule has 2 nitrogen and oxygen atoms in total. The third kappa shape index (κ3) is 2.71. The van der Waals surface area contributed by atoms with Crippen LogP contribution in [0.4, 0.5) is 0 Å². The number of hydrogen-bond acceptors (Lipinski definition) is 3. The summed E-state index contributed by atoms with van der Waals surface area (Å²) in [6.45, 7) is 6.61. The molecular weight excluding hydrogens is 266 g/mol. The van der Waals surface area contributed by atoms with Crippen LogP contribution in [0.2, 0.25) is 0 Å². The Morgan fingerprint density at radius 3 is 3.10 bits per heavy atom. The Bertz CT molecular complexity index is 468. The molecule has 3 heteroatoms. The van der Waals surface area contributed by atoms with E-state index in [1.807, 2.05) is 0 Å². The molecule has 1 aromatic rings. The second kappa shape index (κ2) is 5.98. The van der Waals surface area contributed by atoms with E-state index >= 15 is 0 Å². The topological polar surface area (TPSA) is 21.3 Å². The number of rotatable bonds is 5. The van der Waals surface area contributed by atoms with Crippen molar-refractivity contribution in [1.82, 2.24) is 5.32 Å². The molecule has 1 N–H and O–H groups in total. The lowest BCUT2D eigenvalue weighted by Crippen LogP contribution is -2.38. The Morgan fingerprint density at radius 2 is 2.35 bits per heavy atom. The van der Waals surface area contributed by atoms with Crippen LogP contribution in [0.1, 0.15) is 50.3 Å². The Balaban J connectivity index is 1.88. The number of thioether (sulfide) groups is 1. The van der Waals surface area contributed by atoms with Crippen molar-refractivity contribution in [2.75, 3.05) is 18.9 Å². The lowest BCUT2D eigenvalue weighted by Gasteiger charge is -2.35. The van der Waals surface area contributed by atoms with Gasteiger partial charge in [-0.25, -0.2) is 0 Å². The van der Waals surface area contributed by atoms with Crippen LogP contribution in [0.5, 0.6) is 5.75 Å². The van der Waals surface area contributed by atoms with Gasteiger partial charge in [-0.1, -0.05) is 19.1 Å². The summed E-state index contributed by atoms with van der Waals surface area (Å²) in [5.74, 6) is 2.39. The molecule has 110 valence electrons. The standard InChI is InChI=1S/C17H25NOS/c1-3-9-18-16(17(2)8-4-11-20-17)14-5-6-15-13(12-14)7-10-19-15/h5-6,12,16,18H,3-4,7-11H2,1-2H3. The number of benzene rings is 1. The van der Waals surface area contributed by atoms with Crippen molar-refractivity contribution in [2.45, 2.75) is 50.3 Å². The van der Waals surface area contributed by atoms with Crippen LogP contribution in [0.3, 0.4) is 0 Å².